The van der Waals surface area contributed by atoms with E-state index in [0.29, 0.717) is 0 Å². The van der Waals surface area contributed by atoms with Crippen molar-refractivity contribution in [3.63, 3.8) is 0 Å². The van der Waals surface area contributed by atoms with Crippen LogP contribution in [0.15, 0.2) is 40.9 Å². The van der Waals surface area contributed by atoms with Crippen LogP contribution in [0, 0.1) is 17.5 Å². The van der Waals surface area contributed by atoms with Crippen molar-refractivity contribution in [2.45, 2.75) is 12.3 Å². The molecule has 1 N–H and O–H groups in total. The van der Waals surface area contributed by atoms with Gasteiger partial charge in [-0.1, -0.05) is 18.2 Å². The van der Waals surface area contributed by atoms with E-state index in [1.54, 1.807) is 6.07 Å². The van der Waals surface area contributed by atoms with Crippen LogP contribution in [-0.2, 0) is 6.42 Å². The third-order valence-corrected chi connectivity index (χ3v) is 3.77. The molecule has 0 aliphatic rings. The van der Waals surface area contributed by atoms with Crippen LogP contribution in [0.1, 0.15) is 17.0 Å². The summed E-state index contributed by atoms with van der Waals surface area (Å²) in [6.07, 6.45) is -0.117. The predicted octanol–water partition coefficient (Wildman–Crippen LogP) is 4.19. The van der Waals surface area contributed by atoms with Crippen LogP contribution in [0.25, 0.3) is 0 Å². The zero-order chi connectivity index (χ0) is 14.7. The van der Waals surface area contributed by atoms with Gasteiger partial charge in [0.05, 0.1) is 11.1 Å². The lowest BCUT2D eigenvalue weighted by molar-refractivity contribution is 0.260. The zero-order valence-corrected chi connectivity index (χ0v) is 12.0. The highest BCUT2D eigenvalue weighted by atomic mass is 79.9. The highest BCUT2D eigenvalue weighted by Gasteiger charge is 2.20. The highest BCUT2D eigenvalue weighted by molar-refractivity contribution is 9.10. The molecule has 5 heteroatoms. The Hall–Kier alpha value is -1.33. The maximum atomic E-state index is 13.9. The van der Waals surface area contributed by atoms with Crippen LogP contribution >= 0.6 is 15.9 Å². The van der Waals surface area contributed by atoms with Crippen molar-refractivity contribution in [2.24, 2.45) is 0 Å². The fraction of sp³-hybridized carbons (Fsp3) is 0.200. The highest BCUT2D eigenvalue weighted by Crippen LogP contribution is 2.28. The molecule has 0 aliphatic heterocycles. The molecular formula is C15H12BrF3O. The van der Waals surface area contributed by atoms with E-state index in [0.717, 1.165) is 6.07 Å². The second kappa shape index (κ2) is 6.41. The minimum atomic E-state index is -0.722. The van der Waals surface area contributed by atoms with E-state index in [1.807, 2.05) is 0 Å². The summed E-state index contributed by atoms with van der Waals surface area (Å²) in [6, 6.07) is 8.31. The Bertz CT molecular complexity index is 616. The van der Waals surface area contributed by atoms with Gasteiger partial charge in [-0.25, -0.2) is 13.2 Å². The molecule has 0 aliphatic carbocycles. The van der Waals surface area contributed by atoms with Crippen molar-refractivity contribution < 1.29 is 18.3 Å². The Morgan fingerprint density at radius 2 is 1.70 bits per heavy atom. The van der Waals surface area contributed by atoms with Gasteiger partial charge in [0.1, 0.15) is 17.5 Å². The summed E-state index contributed by atoms with van der Waals surface area (Å²) in [5.41, 5.74) is 0.0791. The monoisotopic (exact) mass is 344 g/mol. The van der Waals surface area contributed by atoms with E-state index in [-0.39, 0.29) is 22.0 Å². The molecule has 2 rings (SSSR count). The summed E-state index contributed by atoms with van der Waals surface area (Å²) in [7, 11) is 0. The van der Waals surface area contributed by atoms with Gasteiger partial charge in [-0.05, 0) is 46.1 Å². The molecule has 106 valence electrons. The first-order valence-electron chi connectivity index (χ1n) is 6.02. The SMILES string of the molecule is OCC(Cc1c(F)ccc(Br)c1F)c1ccccc1F. The third kappa shape index (κ3) is 3.04. The molecule has 2 aromatic carbocycles. The van der Waals surface area contributed by atoms with E-state index in [2.05, 4.69) is 15.9 Å². The lowest BCUT2D eigenvalue weighted by Crippen LogP contribution is -2.12. The van der Waals surface area contributed by atoms with Crippen LogP contribution in [0.2, 0.25) is 0 Å². The lowest BCUT2D eigenvalue weighted by Gasteiger charge is -2.16. The summed E-state index contributed by atoms with van der Waals surface area (Å²) >= 11 is 2.98. The standard InChI is InChI=1S/C15H12BrF3O/c16-12-5-6-14(18)11(15(12)19)7-9(8-20)10-3-1-2-4-13(10)17/h1-6,9,20H,7-8H2. The molecule has 0 heterocycles. The van der Waals surface area contributed by atoms with E-state index in [1.165, 1.54) is 24.3 Å². The molecule has 1 nitrogen and oxygen atoms in total. The van der Waals surface area contributed by atoms with Crippen molar-refractivity contribution in [1.29, 1.82) is 0 Å². The summed E-state index contributed by atoms with van der Waals surface area (Å²) in [4.78, 5) is 0. The first-order valence-corrected chi connectivity index (χ1v) is 6.81. The summed E-state index contributed by atoms with van der Waals surface area (Å²) < 4.78 is 41.5. The van der Waals surface area contributed by atoms with Crippen LogP contribution in [0.5, 0.6) is 0 Å². The molecule has 0 saturated heterocycles. The zero-order valence-electron chi connectivity index (χ0n) is 10.4. The average molecular weight is 345 g/mol. The van der Waals surface area contributed by atoms with Gasteiger partial charge in [-0.15, -0.1) is 0 Å². The number of benzene rings is 2. The van der Waals surface area contributed by atoms with Gasteiger partial charge in [-0.3, -0.25) is 0 Å². The molecule has 1 unspecified atom stereocenters. The quantitative estimate of drug-likeness (QED) is 0.824. The molecule has 1 atom stereocenters. The summed E-state index contributed by atoms with van der Waals surface area (Å²) in [5, 5.41) is 9.39. The second-order valence-corrected chi connectivity index (χ2v) is 5.28. The Morgan fingerprint density at radius 1 is 1.00 bits per heavy atom. The fourth-order valence-corrected chi connectivity index (χ4v) is 2.45. The molecule has 0 amide bonds. The molecule has 0 fully saturated rings. The maximum absolute atomic E-state index is 13.9. The van der Waals surface area contributed by atoms with Gasteiger partial charge < -0.3 is 5.11 Å². The van der Waals surface area contributed by atoms with E-state index in [9.17, 15) is 18.3 Å². The number of hydrogen-bond donors (Lipinski definition) is 1. The molecule has 0 radical (unpaired) electrons. The third-order valence-electron chi connectivity index (χ3n) is 3.15. The molecule has 0 spiro atoms. The average Bonchev–Trinajstić information content (AvgIpc) is 2.45. The number of halogens is 4. The minimum absolute atomic E-state index is 0.117. The van der Waals surface area contributed by atoms with E-state index < -0.39 is 30.0 Å². The maximum Gasteiger partial charge on any atom is 0.143 e. The van der Waals surface area contributed by atoms with Crippen LogP contribution in [0.4, 0.5) is 13.2 Å². The molecule has 20 heavy (non-hydrogen) atoms. The number of aliphatic hydroxyl groups is 1. The second-order valence-electron chi connectivity index (χ2n) is 4.43. The molecule has 0 aromatic heterocycles. The van der Waals surface area contributed by atoms with E-state index in [4.69, 9.17) is 0 Å². The number of aliphatic hydroxyl groups excluding tert-OH is 1. The Labute approximate surface area is 123 Å². The topological polar surface area (TPSA) is 20.2 Å². The van der Waals surface area contributed by atoms with Gasteiger partial charge in [-0.2, -0.15) is 0 Å². The molecule has 0 saturated carbocycles. The molecular weight excluding hydrogens is 333 g/mol. The van der Waals surface area contributed by atoms with Crippen molar-refractivity contribution >= 4 is 15.9 Å². The number of hydrogen-bond acceptors (Lipinski definition) is 1. The molecule has 0 bridgehead atoms. The Morgan fingerprint density at radius 3 is 2.35 bits per heavy atom. The van der Waals surface area contributed by atoms with Crippen LogP contribution < -0.4 is 0 Å². The first-order chi connectivity index (χ1) is 9.54. The largest absolute Gasteiger partial charge is 0.396 e. The predicted molar refractivity (Wildman–Crippen MR) is 74.0 cm³/mol. The first kappa shape index (κ1) is 15.1. The van der Waals surface area contributed by atoms with Gasteiger partial charge in [0.25, 0.3) is 0 Å². The van der Waals surface area contributed by atoms with Gasteiger partial charge in [0, 0.05) is 11.5 Å². The van der Waals surface area contributed by atoms with Gasteiger partial charge in [0.2, 0.25) is 0 Å². The Kier molecular flexibility index (Phi) is 4.83. The lowest BCUT2D eigenvalue weighted by atomic mass is 9.92. The minimum Gasteiger partial charge on any atom is -0.396 e. The van der Waals surface area contributed by atoms with E-state index >= 15 is 0 Å². The number of rotatable bonds is 4. The van der Waals surface area contributed by atoms with Crippen molar-refractivity contribution in [1.82, 2.24) is 0 Å². The normalized spacial score (nSPS) is 12.4. The van der Waals surface area contributed by atoms with Crippen LogP contribution in [-0.4, -0.2) is 11.7 Å². The Balaban J connectivity index is 2.37. The van der Waals surface area contributed by atoms with Crippen molar-refractivity contribution in [3.05, 3.63) is 69.4 Å². The summed E-state index contributed by atoms with van der Waals surface area (Å²) in [5.74, 6) is -2.63. The van der Waals surface area contributed by atoms with Crippen molar-refractivity contribution in [2.75, 3.05) is 6.61 Å². The van der Waals surface area contributed by atoms with Gasteiger partial charge in [0.15, 0.2) is 0 Å². The van der Waals surface area contributed by atoms with Crippen molar-refractivity contribution in [3.8, 4) is 0 Å². The van der Waals surface area contributed by atoms with Crippen LogP contribution in [0.3, 0.4) is 0 Å². The molecule has 2 aromatic rings. The summed E-state index contributed by atoms with van der Waals surface area (Å²) in [6.45, 7) is -0.397. The fourth-order valence-electron chi connectivity index (χ4n) is 2.08. The smallest absolute Gasteiger partial charge is 0.143 e. The van der Waals surface area contributed by atoms with Gasteiger partial charge >= 0.3 is 0 Å².